The molecule has 0 saturated heterocycles. The molecule has 6 nitrogen and oxygen atoms in total. The number of fused-ring (bicyclic) bond motifs is 1. The molecule has 0 bridgehead atoms. The predicted molar refractivity (Wildman–Crippen MR) is 130 cm³/mol. The molecule has 7 heteroatoms. The van der Waals surface area contributed by atoms with Crippen molar-refractivity contribution >= 4 is 22.0 Å². The fraction of sp³-hybridized carbons (Fsp3) is 0.320. The van der Waals surface area contributed by atoms with Crippen molar-refractivity contribution in [1.82, 2.24) is 14.6 Å². The van der Waals surface area contributed by atoms with Gasteiger partial charge in [-0.25, -0.2) is 4.98 Å². The number of unbranched alkanes of at least 4 members (excludes halogenated alkanes) is 1. The minimum Gasteiger partial charge on any atom is -0.497 e. The van der Waals surface area contributed by atoms with Crippen LogP contribution < -0.4 is 15.2 Å². The summed E-state index contributed by atoms with van der Waals surface area (Å²) in [5.74, 6) is 0.833. The molecule has 0 atom stereocenters. The Morgan fingerprint density at radius 3 is 2.50 bits per heavy atom. The molecule has 0 radical (unpaired) electrons. The molecule has 166 valence electrons. The molecule has 0 unspecified atom stereocenters. The predicted octanol–water partition coefficient (Wildman–Crippen LogP) is 5.02. The van der Waals surface area contributed by atoms with Gasteiger partial charge in [-0.15, -0.1) is 0 Å². The van der Waals surface area contributed by atoms with Gasteiger partial charge < -0.3 is 9.64 Å². The van der Waals surface area contributed by atoms with E-state index in [2.05, 4.69) is 60.2 Å². The third-order valence-electron chi connectivity index (χ3n) is 5.37. The highest BCUT2D eigenvalue weighted by Crippen LogP contribution is 2.22. The van der Waals surface area contributed by atoms with E-state index in [4.69, 9.17) is 9.72 Å². The van der Waals surface area contributed by atoms with Crippen molar-refractivity contribution in [3.8, 4) is 5.75 Å². The zero-order chi connectivity index (χ0) is 22.5. The maximum Gasteiger partial charge on any atom is 0.275 e. The number of anilines is 1. The molecular formula is C25H28N4O2S. The number of nitrogens with zero attached hydrogens (tertiary/aromatic N) is 4. The lowest BCUT2D eigenvalue weighted by Crippen LogP contribution is -2.25. The van der Waals surface area contributed by atoms with Gasteiger partial charge in [0, 0.05) is 24.7 Å². The Bertz CT molecular complexity index is 1230. The number of hydrogen-bond donors (Lipinski definition) is 0. The monoisotopic (exact) mass is 448 g/mol. The van der Waals surface area contributed by atoms with Crippen LogP contribution in [0.25, 0.3) is 4.96 Å². The molecule has 0 aliphatic rings. The molecule has 4 rings (SSSR count). The van der Waals surface area contributed by atoms with E-state index in [0.717, 1.165) is 47.0 Å². The van der Waals surface area contributed by atoms with Crippen molar-refractivity contribution in [3.05, 3.63) is 86.8 Å². The zero-order valence-electron chi connectivity index (χ0n) is 18.7. The van der Waals surface area contributed by atoms with Crippen molar-refractivity contribution < 1.29 is 4.74 Å². The van der Waals surface area contributed by atoms with E-state index in [-0.39, 0.29) is 5.56 Å². The molecule has 2 aromatic carbocycles. The van der Waals surface area contributed by atoms with Crippen LogP contribution in [0.15, 0.2) is 59.4 Å². The molecule has 32 heavy (non-hydrogen) atoms. The second-order valence-corrected chi connectivity index (χ2v) is 8.96. The highest BCUT2D eigenvalue weighted by atomic mass is 32.1. The van der Waals surface area contributed by atoms with Crippen LogP contribution in [0, 0.1) is 6.92 Å². The normalized spacial score (nSPS) is 11.1. The minimum atomic E-state index is -0.127. The fourth-order valence-corrected chi connectivity index (χ4v) is 4.51. The summed E-state index contributed by atoms with van der Waals surface area (Å²) in [4.78, 5) is 20.4. The summed E-state index contributed by atoms with van der Waals surface area (Å²) in [6.45, 7) is 5.45. The molecule has 0 fully saturated rings. The Morgan fingerprint density at radius 2 is 1.81 bits per heavy atom. The van der Waals surface area contributed by atoms with Crippen molar-refractivity contribution in [2.45, 2.75) is 46.2 Å². The highest BCUT2D eigenvalue weighted by Gasteiger charge is 2.14. The van der Waals surface area contributed by atoms with Gasteiger partial charge in [0.15, 0.2) is 0 Å². The van der Waals surface area contributed by atoms with E-state index in [1.807, 2.05) is 12.1 Å². The SMILES string of the molecule is CCCCc1nn2c(=O)cc(CN(Cc3ccc(OC)cc3)c3ccc(C)cc3)nc2s1. The highest BCUT2D eigenvalue weighted by molar-refractivity contribution is 7.16. The maximum absolute atomic E-state index is 12.7. The van der Waals surface area contributed by atoms with Crippen LogP contribution in [0.4, 0.5) is 5.69 Å². The molecule has 0 aliphatic heterocycles. The van der Waals surface area contributed by atoms with E-state index in [1.165, 1.54) is 21.4 Å². The summed E-state index contributed by atoms with van der Waals surface area (Å²) in [6.07, 6.45) is 3.04. The number of ether oxygens (including phenoxy) is 1. The zero-order valence-corrected chi connectivity index (χ0v) is 19.6. The quantitative estimate of drug-likeness (QED) is 0.360. The maximum atomic E-state index is 12.7. The molecule has 0 aliphatic carbocycles. The van der Waals surface area contributed by atoms with Crippen LogP contribution in [-0.2, 0) is 19.5 Å². The van der Waals surface area contributed by atoms with Gasteiger partial charge in [0.1, 0.15) is 10.8 Å². The fourth-order valence-electron chi connectivity index (χ4n) is 3.55. The van der Waals surface area contributed by atoms with Gasteiger partial charge in [0.25, 0.3) is 5.56 Å². The van der Waals surface area contributed by atoms with Crippen LogP contribution in [0.3, 0.4) is 0 Å². The van der Waals surface area contributed by atoms with Crippen molar-refractivity contribution in [3.63, 3.8) is 0 Å². The summed E-state index contributed by atoms with van der Waals surface area (Å²) in [5.41, 5.74) is 4.07. The standard InChI is InChI=1S/C25H28N4O2S/c1-4-5-6-23-27-29-24(30)15-20(26-25(29)32-23)17-28(21-11-7-18(2)8-12-21)16-19-9-13-22(31-3)14-10-19/h7-15H,4-6,16-17H2,1-3H3. The second kappa shape index (κ2) is 9.96. The lowest BCUT2D eigenvalue weighted by Gasteiger charge is -2.25. The Kier molecular flexibility index (Phi) is 6.85. The molecular weight excluding hydrogens is 420 g/mol. The Hall–Kier alpha value is -3.19. The number of methoxy groups -OCH3 is 1. The molecule has 0 N–H and O–H groups in total. The number of hydrogen-bond acceptors (Lipinski definition) is 6. The van der Waals surface area contributed by atoms with Crippen molar-refractivity contribution in [2.75, 3.05) is 12.0 Å². The van der Waals surface area contributed by atoms with E-state index in [1.54, 1.807) is 13.2 Å². The number of benzene rings is 2. The van der Waals surface area contributed by atoms with Crippen molar-refractivity contribution in [2.24, 2.45) is 0 Å². The van der Waals surface area contributed by atoms with Gasteiger partial charge in [-0.1, -0.05) is 54.5 Å². The molecule has 0 saturated carbocycles. The molecule has 0 spiro atoms. The summed E-state index contributed by atoms with van der Waals surface area (Å²) < 4.78 is 6.71. The summed E-state index contributed by atoms with van der Waals surface area (Å²) in [5, 5.41) is 5.42. The van der Waals surface area contributed by atoms with Gasteiger partial charge >= 0.3 is 0 Å². The van der Waals surface area contributed by atoms with E-state index >= 15 is 0 Å². The van der Waals surface area contributed by atoms with Gasteiger partial charge in [-0.05, 0) is 43.2 Å². The van der Waals surface area contributed by atoms with E-state index < -0.39 is 0 Å². The first-order valence-electron chi connectivity index (χ1n) is 10.9. The van der Waals surface area contributed by atoms with Gasteiger partial charge in [0.2, 0.25) is 4.96 Å². The molecule has 2 heterocycles. The lowest BCUT2D eigenvalue weighted by atomic mass is 10.1. The van der Waals surface area contributed by atoms with Crippen LogP contribution in [-0.4, -0.2) is 21.7 Å². The van der Waals surface area contributed by atoms with Gasteiger partial charge in [-0.3, -0.25) is 4.79 Å². The Morgan fingerprint density at radius 1 is 1.06 bits per heavy atom. The number of aromatic nitrogens is 3. The van der Waals surface area contributed by atoms with Gasteiger partial charge in [-0.2, -0.15) is 9.61 Å². The van der Waals surface area contributed by atoms with Crippen LogP contribution in [0.2, 0.25) is 0 Å². The largest absolute Gasteiger partial charge is 0.497 e. The average Bonchev–Trinajstić information content (AvgIpc) is 3.22. The third kappa shape index (κ3) is 5.16. The topological polar surface area (TPSA) is 59.7 Å². The minimum absolute atomic E-state index is 0.127. The lowest BCUT2D eigenvalue weighted by molar-refractivity contribution is 0.414. The van der Waals surface area contributed by atoms with E-state index in [9.17, 15) is 4.79 Å². The molecule has 2 aromatic heterocycles. The summed E-state index contributed by atoms with van der Waals surface area (Å²) >= 11 is 1.51. The van der Waals surface area contributed by atoms with Gasteiger partial charge in [0.05, 0.1) is 19.3 Å². The molecule has 4 aromatic rings. The van der Waals surface area contributed by atoms with Crippen LogP contribution >= 0.6 is 11.3 Å². The first-order chi connectivity index (χ1) is 15.6. The first kappa shape index (κ1) is 22.0. The summed E-state index contributed by atoms with van der Waals surface area (Å²) in [7, 11) is 1.67. The van der Waals surface area contributed by atoms with Crippen molar-refractivity contribution in [1.29, 1.82) is 0 Å². The summed E-state index contributed by atoms with van der Waals surface area (Å²) in [6, 6.07) is 18.1. The smallest absolute Gasteiger partial charge is 0.275 e. The first-order valence-corrected chi connectivity index (χ1v) is 11.7. The second-order valence-electron chi connectivity index (χ2n) is 7.92. The number of rotatable bonds is 9. The third-order valence-corrected chi connectivity index (χ3v) is 6.34. The average molecular weight is 449 g/mol. The van der Waals surface area contributed by atoms with Crippen LogP contribution in [0.5, 0.6) is 5.75 Å². The Labute approximate surface area is 192 Å². The Balaban J connectivity index is 1.64. The molecule has 0 amide bonds. The van der Waals surface area contributed by atoms with E-state index in [0.29, 0.717) is 18.1 Å². The van der Waals surface area contributed by atoms with Crippen LogP contribution in [0.1, 0.15) is 41.6 Å². The number of aryl methyl sites for hydroxylation is 2.